The number of carbonyl (C=O) groups excluding carboxylic acids is 1. The molecule has 0 bridgehead atoms. The Bertz CT molecular complexity index is 466. The lowest BCUT2D eigenvalue weighted by molar-refractivity contribution is 0.0718. The molecule has 1 aromatic heterocycles. The Balaban J connectivity index is 1.74. The van der Waals surface area contributed by atoms with Gasteiger partial charge >= 0.3 is 0 Å². The SMILES string of the molecule is O=C(c1cccc(N2CCOCC2)n1)N1CCCCC1. The summed E-state index contributed by atoms with van der Waals surface area (Å²) in [5.74, 6) is 0.955. The molecular formula is C15H21N3O2. The van der Waals surface area contributed by atoms with E-state index in [1.54, 1.807) is 0 Å². The summed E-state index contributed by atoms with van der Waals surface area (Å²) >= 11 is 0. The first-order chi connectivity index (χ1) is 9.84. The molecular weight excluding hydrogens is 254 g/mol. The van der Waals surface area contributed by atoms with Crippen LogP contribution in [0.4, 0.5) is 5.82 Å². The molecule has 2 aliphatic heterocycles. The second-order valence-corrected chi connectivity index (χ2v) is 5.33. The minimum atomic E-state index is 0.0693. The molecule has 5 heteroatoms. The molecule has 3 heterocycles. The van der Waals surface area contributed by atoms with E-state index in [1.807, 2.05) is 23.1 Å². The summed E-state index contributed by atoms with van der Waals surface area (Å²) in [6, 6.07) is 5.72. The second-order valence-electron chi connectivity index (χ2n) is 5.33. The van der Waals surface area contributed by atoms with Crippen LogP contribution in [0.1, 0.15) is 29.8 Å². The van der Waals surface area contributed by atoms with Crippen LogP contribution in [0.5, 0.6) is 0 Å². The Morgan fingerprint density at radius 2 is 1.80 bits per heavy atom. The highest BCUT2D eigenvalue weighted by Crippen LogP contribution is 2.16. The maximum atomic E-state index is 12.5. The number of amides is 1. The molecule has 5 nitrogen and oxygen atoms in total. The Morgan fingerprint density at radius 3 is 2.55 bits per heavy atom. The van der Waals surface area contributed by atoms with Gasteiger partial charge in [-0.2, -0.15) is 0 Å². The summed E-state index contributed by atoms with van der Waals surface area (Å²) < 4.78 is 5.35. The van der Waals surface area contributed by atoms with E-state index in [2.05, 4.69) is 9.88 Å². The highest BCUT2D eigenvalue weighted by Gasteiger charge is 2.20. The van der Waals surface area contributed by atoms with Crippen LogP contribution in [0.2, 0.25) is 0 Å². The van der Waals surface area contributed by atoms with E-state index in [9.17, 15) is 4.79 Å². The molecule has 2 fully saturated rings. The number of rotatable bonds is 2. The van der Waals surface area contributed by atoms with Crippen LogP contribution in [0, 0.1) is 0 Å². The number of morpholine rings is 1. The third-order valence-corrected chi connectivity index (χ3v) is 3.93. The number of hydrogen-bond acceptors (Lipinski definition) is 4. The van der Waals surface area contributed by atoms with Gasteiger partial charge in [-0.05, 0) is 31.4 Å². The van der Waals surface area contributed by atoms with Gasteiger partial charge in [0.2, 0.25) is 0 Å². The Morgan fingerprint density at radius 1 is 1.05 bits per heavy atom. The quantitative estimate of drug-likeness (QED) is 0.821. The standard InChI is InChI=1S/C15H21N3O2/c19-15(18-7-2-1-3-8-18)13-5-4-6-14(16-13)17-9-11-20-12-10-17/h4-6H,1-3,7-12H2. The van der Waals surface area contributed by atoms with E-state index in [0.29, 0.717) is 5.69 Å². The molecule has 0 aliphatic carbocycles. The van der Waals surface area contributed by atoms with E-state index in [-0.39, 0.29) is 5.91 Å². The zero-order valence-corrected chi connectivity index (χ0v) is 11.8. The van der Waals surface area contributed by atoms with Crippen molar-refractivity contribution >= 4 is 11.7 Å². The fourth-order valence-electron chi connectivity index (χ4n) is 2.77. The molecule has 0 aromatic carbocycles. The van der Waals surface area contributed by atoms with E-state index in [4.69, 9.17) is 4.74 Å². The Kier molecular flexibility index (Phi) is 4.16. The number of aromatic nitrogens is 1. The van der Waals surface area contributed by atoms with E-state index >= 15 is 0 Å². The van der Waals surface area contributed by atoms with Crippen LogP contribution in [0.3, 0.4) is 0 Å². The number of ether oxygens (including phenoxy) is 1. The third-order valence-electron chi connectivity index (χ3n) is 3.93. The van der Waals surface area contributed by atoms with Gasteiger partial charge in [0.1, 0.15) is 11.5 Å². The minimum Gasteiger partial charge on any atom is -0.378 e. The maximum Gasteiger partial charge on any atom is 0.272 e. The van der Waals surface area contributed by atoms with Gasteiger partial charge in [-0.1, -0.05) is 6.07 Å². The van der Waals surface area contributed by atoms with Crippen molar-refractivity contribution in [1.82, 2.24) is 9.88 Å². The van der Waals surface area contributed by atoms with Crippen molar-refractivity contribution < 1.29 is 9.53 Å². The molecule has 2 aliphatic rings. The van der Waals surface area contributed by atoms with Gasteiger partial charge in [-0.3, -0.25) is 4.79 Å². The highest BCUT2D eigenvalue weighted by molar-refractivity contribution is 5.92. The number of nitrogens with zero attached hydrogens (tertiary/aromatic N) is 3. The van der Waals surface area contributed by atoms with Gasteiger partial charge in [-0.25, -0.2) is 4.98 Å². The van der Waals surface area contributed by atoms with Crippen molar-refractivity contribution in [2.24, 2.45) is 0 Å². The van der Waals surface area contributed by atoms with Gasteiger partial charge in [0, 0.05) is 26.2 Å². The van der Waals surface area contributed by atoms with Gasteiger partial charge in [-0.15, -0.1) is 0 Å². The van der Waals surface area contributed by atoms with Gasteiger partial charge < -0.3 is 14.5 Å². The molecule has 0 radical (unpaired) electrons. The largest absolute Gasteiger partial charge is 0.378 e. The molecule has 0 unspecified atom stereocenters. The van der Waals surface area contributed by atoms with E-state index in [0.717, 1.165) is 58.1 Å². The highest BCUT2D eigenvalue weighted by atomic mass is 16.5. The number of pyridine rings is 1. The molecule has 1 amide bonds. The maximum absolute atomic E-state index is 12.5. The lowest BCUT2D eigenvalue weighted by Gasteiger charge is -2.29. The topological polar surface area (TPSA) is 45.7 Å². The first kappa shape index (κ1) is 13.4. The average Bonchev–Trinajstić information content (AvgIpc) is 2.56. The van der Waals surface area contributed by atoms with Crippen LogP contribution >= 0.6 is 0 Å². The van der Waals surface area contributed by atoms with Crippen molar-refractivity contribution in [2.45, 2.75) is 19.3 Å². The number of piperidine rings is 1. The zero-order valence-electron chi connectivity index (χ0n) is 11.8. The summed E-state index contributed by atoms with van der Waals surface area (Å²) in [4.78, 5) is 21.1. The molecule has 108 valence electrons. The first-order valence-corrected chi connectivity index (χ1v) is 7.43. The van der Waals surface area contributed by atoms with Crippen molar-refractivity contribution in [2.75, 3.05) is 44.3 Å². The summed E-state index contributed by atoms with van der Waals surface area (Å²) in [5.41, 5.74) is 0.566. The Hall–Kier alpha value is -1.62. The van der Waals surface area contributed by atoms with Crippen molar-refractivity contribution in [3.8, 4) is 0 Å². The molecule has 2 saturated heterocycles. The van der Waals surface area contributed by atoms with Crippen LogP contribution in [-0.2, 0) is 4.74 Å². The lowest BCUT2D eigenvalue weighted by Crippen LogP contribution is -2.38. The Labute approximate surface area is 119 Å². The summed E-state index contributed by atoms with van der Waals surface area (Å²) in [7, 11) is 0. The predicted octanol–water partition coefficient (Wildman–Crippen LogP) is 1.54. The summed E-state index contributed by atoms with van der Waals surface area (Å²) in [6.07, 6.45) is 3.44. The first-order valence-electron chi connectivity index (χ1n) is 7.43. The summed E-state index contributed by atoms with van der Waals surface area (Å²) in [5, 5.41) is 0. The number of likely N-dealkylation sites (tertiary alicyclic amines) is 1. The fourth-order valence-corrected chi connectivity index (χ4v) is 2.77. The molecule has 0 spiro atoms. The second kappa shape index (κ2) is 6.22. The predicted molar refractivity (Wildman–Crippen MR) is 77.0 cm³/mol. The van der Waals surface area contributed by atoms with Crippen LogP contribution in [0.25, 0.3) is 0 Å². The van der Waals surface area contributed by atoms with Crippen molar-refractivity contribution in [1.29, 1.82) is 0 Å². The van der Waals surface area contributed by atoms with Gasteiger partial charge in [0.25, 0.3) is 5.91 Å². The summed E-state index contributed by atoms with van der Waals surface area (Å²) in [6.45, 7) is 4.87. The molecule has 0 atom stereocenters. The average molecular weight is 275 g/mol. The van der Waals surface area contributed by atoms with Gasteiger partial charge in [0.05, 0.1) is 13.2 Å². The normalized spacial score (nSPS) is 20.0. The van der Waals surface area contributed by atoms with E-state index < -0.39 is 0 Å². The van der Waals surface area contributed by atoms with Crippen LogP contribution in [-0.4, -0.2) is 55.2 Å². The van der Waals surface area contributed by atoms with Crippen LogP contribution in [0.15, 0.2) is 18.2 Å². The fraction of sp³-hybridized carbons (Fsp3) is 0.600. The molecule has 1 aromatic rings. The number of carbonyl (C=O) groups is 1. The minimum absolute atomic E-state index is 0.0693. The number of hydrogen-bond donors (Lipinski definition) is 0. The molecule has 3 rings (SSSR count). The molecule has 0 N–H and O–H groups in total. The molecule has 20 heavy (non-hydrogen) atoms. The number of anilines is 1. The third kappa shape index (κ3) is 2.93. The monoisotopic (exact) mass is 275 g/mol. The van der Waals surface area contributed by atoms with E-state index in [1.165, 1.54) is 6.42 Å². The van der Waals surface area contributed by atoms with Gasteiger partial charge in [0.15, 0.2) is 0 Å². The lowest BCUT2D eigenvalue weighted by atomic mass is 10.1. The van der Waals surface area contributed by atoms with Crippen molar-refractivity contribution in [3.05, 3.63) is 23.9 Å². The molecule has 0 saturated carbocycles. The van der Waals surface area contributed by atoms with Crippen LogP contribution < -0.4 is 4.90 Å². The van der Waals surface area contributed by atoms with Crippen molar-refractivity contribution in [3.63, 3.8) is 0 Å². The zero-order chi connectivity index (χ0) is 13.8. The smallest absolute Gasteiger partial charge is 0.272 e.